The zero-order valence-corrected chi connectivity index (χ0v) is 30.7. The third-order valence-electron chi connectivity index (χ3n) is 10.3. The number of ether oxygens (including phenoxy) is 3. The van der Waals surface area contributed by atoms with Crippen LogP contribution in [0.25, 0.3) is 22.4 Å². The molecule has 4 atom stereocenters. The molecule has 0 bridgehead atoms. The van der Waals surface area contributed by atoms with Gasteiger partial charge in [-0.25, -0.2) is 4.98 Å². The second-order valence-corrected chi connectivity index (χ2v) is 14.3. The van der Waals surface area contributed by atoms with E-state index in [0.717, 1.165) is 72.0 Å². The zero-order chi connectivity index (χ0) is 36.4. The van der Waals surface area contributed by atoms with Gasteiger partial charge in [0.2, 0.25) is 17.6 Å². The molecule has 4 heterocycles. The largest absolute Gasteiger partial charge is 0.481 e. The van der Waals surface area contributed by atoms with E-state index in [9.17, 15) is 15.0 Å². The Hall–Kier alpha value is -3.97. The summed E-state index contributed by atoms with van der Waals surface area (Å²) >= 11 is 13.9. The van der Waals surface area contributed by atoms with Gasteiger partial charge < -0.3 is 29.7 Å². The first-order chi connectivity index (χ1) is 25.2. The van der Waals surface area contributed by atoms with Crippen molar-refractivity contribution in [2.24, 2.45) is 0 Å². The van der Waals surface area contributed by atoms with E-state index in [1.54, 1.807) is 13.2 Å². The molecule has 2 aliphatic heterocycles. The van der Waals surface area contributed by atoms with Crippen molar-refractivity contribution in [2.75, 3.05) is 27.3 Å². The Morgan fingerprint density at radius 1 is 0.942 bits per heavy atom. The third kappa shape index (κ3) is 7.57. The first kappa shape index (κ1) is 36.4. The molecule has 0 saturated carbocycles. The zero-order valence-electron chi connectivity index (χ0n) is 29.2. The number of hydrogen-bond acceptors (Lipinski definition) is 10. The maximum Gasteiger partial charge on any atom is 0.320 e. The summed E-state index contributed by atoms with van der Waals surface area (Å²) in [6.07, 6.45) is 3.93. The fourth-order valence-corrected chi connectivity index (χ4v) is 8.26. The summed E-state index contributed by atoms with van der Waals surface area (Å²) in [5.74, 6) is 0.342. The quantitative estimate of drug-likeness (QED) is 0.121. The molecule has 1 unspecified atom stereocenters. The van der Waals surface area contributed by atoms with Gasteiger partial charge in [-0.1, -0.05) is 65.7 Å². The van der Waals surface area contributed by atoms with Crippen LogP contribution in [0.1, 0.15) is 60.5 Å². The van der Waals surface area contributed by atoms with Crippen LogP contribution in [-0.2, 0) is 24.3 Å². The van der Waals surface area contributed by atoms with Crippen molar-refractivity contribution in [2.45, 2.75) is 76.0 Å². The number of carbonyl (C=O) groups is 1. The first-order valence-electron chi connectivity index (χ1n) is 17.7. The Morgan fingerprint density at radius 2 is 1.71 bits per heavy atom. The van der Waals surface area contributed by atoms with E-state index in [-0.39, 0.29) is 18.0 Å². The van der Waals surface area contributed by atoms with Crippen LogP contribution in [0, 0.1) is 0 Å². The highest BCUT2D eigenvalue weighted by Crippen LogP contribution is 2.45. The summed E-state index contributed by atoms with van der Waals surface area (Å²) < 4.78 is 17.8. The van der Waals surface area contributed by atoms with Gasteiger partial charge in [-0.15, -0.1) is 0 Å². The number of hydrogen-bond donors (Lipinski definition) is 4. The number of carboxylic acids is 1. The highest BCUT2D eigenvalue weighted by Gasteiger charge is 2.33. The molecule has 52 heavy (non-hydrogen) atoms. The van der Waals surface area contributed by atoms with Gasteiger partial charge in [-0.3, -0.25) is 15.0 Å². The molecule has 0 amide bonds. The summed E-state index contributed by atoms with van der Waals surface area (Å²) in [5, 5.41) is 26.9. The number of halogens is 2. The smallest absolute Gasteiger partial charge is 0.320 e. The molecule has 13 heteroatoms. The second kappa shape index (κ2) is 16.0. The number of aliphatic hydroxyl groups excluding tert-OH is 1. The fraction of sp³-hybridized carbons (Fsp3) is 0.410. The minimum atomic E-state index is -0.826. The van der Waals surface area contributed by atoms with Gasteiger partial charge >= 0.3 is 5.97 Å². The third-order valence-corrected chi connectivity index (χ3v) is 11.0. The van der Waals surface area contributed by atoms with Gasteiger partial charge in [-0.2, -0.15) is 4.98 Å². The SMILES string of the molecule is COc1nc(-c2cccc(-c3cccc4c3CC[C@@H]4Oc3nc(OC)c(CN4CCC[C@@H]4C(=O)O)cc3Cl)c2Cl)ccc1CNC[C@@H]1CCC(O)N1. The first-order valence-corrected chi connectivity index (χ1v) is 18.5. The molecule has 2 fully saturated rings. The van der Waals surface area contributed by atoms with Crippen molar-refractivity contribution < 1.29 is 29.2 Å². The lowest BCUT2D eigenvalue weighted by atomic mass is 9.94. The Kier molecular flexibility index (Phi) is 11.2. The molecule has 4 N–H and O–H groups in total. The number of methoxy groups -OCH3 is 2. The van der Waals surface area contributed by atoms with Gasteiger partial charge in [0.1, 0.15) is 23.4 Å². The number of carboxylic acid groups (broad SMARTS) is 1. The van der Waals surface area contributed by atoms with E-state index in [1.807, 2.05) is 41.3 Å². The van der Waals surface area contributed by atoms with Gasteiger partial charge in [0.15, 0.2) is 0 Å². The number of rotatable bonds is 13. The summed E-state index contributed by atoms with van der Waals surface area (Å²) in [4.78, 5) is 23.1. The van der Waals surface area contributed by atoms with E-state index < -0.39 is 18.2 Å². The lowest BCUT2D eigenvalue weighted by molar-refractivity contribution is -0.142. The number of pyridine rings is 2. The lowest BCUT2D eigenvalue weighted by Gasteiger charge is -2.23. The number of benzene rings is 2. The number of fused-ring (bicyclic) bond motifs is 1. The van der Waals surface area contributed by atoms with Crippen LogP contribution in [0.5, 0.6) is 17.6 Å². The molecule has 0 radical (unpaired) electrons. The average Bonchev–Trinajstić information content (AvgIpc) is 3.90. The Labute approximate surface area is 313 Å². The molecular formula is C39H43Cl2N5O6. The molecule has 3 aliphatic rings. The normalized spacial score (nSPS) is 21.3. The average molecular weight is 749 g/mol. The highest BCUT2D eigenvalue weighted by molar-refractivity contribution is 6.36. The van der Waals surface area contributed by atoms with Crippen LogP contribution in [0.3, 0.4) is 0 Å². The van der Waals surface area contributed by atoms with Crippen LogP contribution < -0.4 is 24.8 Å². The van der Waals surface area contributed by atoms with Crippen molar-refractivity contribution in [3.8, 4) is 40.0 Å². The number of aliphatic hydroxyl groups is 1. The number of aliphatic carboxylic acids is 1. The summed E-state index contributed by atoms with van der Waals surface area (Å²) in [5.41, 5.74) is 7.28. The summed E-state index contributed by atoms with van der Waals surface area (Å²) in [7, 11) is 3.16. The number of likely N-dealkylation sites (tertiary alicyclic amines) is 1. The maximum atomic E-state index is 11.7. The van der Waals surface area contributed by atoms with Crippen molar-refractivity contribution in [3.63, 3.8) is 0 Å². The lowest BCUT2D eigenvalue weighted by Crippen LogP contribution is -2.37. The number of nitrogens with zero attached hydrogens (tertiary/aromatic N) is 3. The van der Waals surface area contributed by atoms with Gasteiger partial charge in [0, 0.05) is 47.9 Å². The van der Waals surface area contributed by atoms with Crippen LogP contribution in [0.2, 0.25) is 10.0 Å². The van der Waals surface area contributed by atoms with Crippen molar-refractivity contribution >= 4 is 29.2 Å². The second-order valence-electron chi connectivity index (χ2n) is 13.5. The summed E-state index contributed by atoms with van der Waals surface area (Å²) in [6, 6.07) is 17.6. The molecule has 7 rings (SSSR count). The monoisotopic (exact) mass is 747 g/mol. The Morgan fingerprint density at radius 3 is 2.48 bits per heavy atom. The predicted octanol–water partition coefficient (Wildman–Crippen LogP) is 6.41. The Balaban J connectivity index is 1.09. The standard InChI is InChI=1S/C39H43Cl2N5O6/c1-50-36-22(19-42-20-24-12-16-34(47)43-24)11-14-31(44-36)29-9-4-8-28(35(29)41)25-6-3-7-27-26(25)13-15-33(27)52-38-30(40)18-23(37(45-38)51-2)21-46-17-5-10-32(46)39(48)49/h3-4,6-9,11,14,18,24,32-34,42-43,47H,5,10,12-13,15-17,19-21H2,1-2H3,(H,48,49)/t24-,32+,33-,34?/m0/s1. The molecule has 274 valence electrons. The van der Waals surface area contributed by atoms with E-state index in [1.165, 1.54) is 7.11 Å². The molecule has 1 aliphatic carbocycles. The van der Waals surface area contributed by atoms with Crippen molar-refractivity contribution in [1.82, 2.24) is 25.5 Å². The molecule has 4 aromatic rings. The molecule has 0 spiro atoms. The topological polar surface area (TPSA) is 138 Å². The van der Waals surface area contributed by atoms with E-state index in [2.05, 4.69) is 27.8 Å². The maximum absolute atomic E-state index is 11.7. The van der Waals surface area contributed by atoms with Gasteiger partial charge in [0.25, 0.3) is 0 Å². The highest BCUT2D eigenvalue weighted by atomic mass is 35.5. The number of aromatic nitrogens is 2. The molecule has 2 aromatic carbocycles. The Bertz CT molecular complexity index is 1950. The molecule has 2 aromatic heterocycles. The van der Waals surface area contributed by atoms with E-state index >= 15 is 0 Å². The van der Waals surface area contributed by atoms with Gasteiger partial charge in [-0.05, 0) is 73.9 Å². The van der Waals surface area contributed by atoms with Crippen LogP contribution in [0.4, 0.5) is 0 Å². The fourth-order valence-electron chi connectivity index (χ4n) is 7.71. The van der Waals surface area contributed by atoms with Crippen LogP contribution in [-0.4, -0.2) is 76.7 Å². The van der Waals surface area contributed by atoms with Crippen molar-refractivity contribution in [1.29, 1.82) is 0 Å². The molecule has 11 nitrogen and oxygen atoms in total. The van der Waals surface area contributed by atoms with E-state index in [0.29, 0.717) is 59.1 Å². The predicted molar refractivity (Wildman–Crippen MR) is 199 cm³/mol. The molecule has 2 saturated heterocycles. The summed E-state index contributed by atoms with van der Waals surface area (Å²) in [6.45, 7) is 2.38. The minimum Gasteiger partial charge on any atom is -0.481 e. The van der Waals surface area contributed by atoms with Crippen molar-refractivity contribution in [3.05, 3.63) is 86.9 Å². The van der Waals surface area contributed by atoms with Gasteiger partial charge in [0.05, 0.1) is 24.9 Å². The molecular weight excluding hydrogens is 705 g/mol. The minimum absolute atomic E-state index is 0.238. The van der Waals surface area contributed by atoms with Crippen LogP contribution >= 0.6 is 23.2 Å². The van der Waals surface area contributed by atoms with Crippen LogP contribution in [0.15, 0.2) is 54.6 Å². The number of nitrogens with one attached hydrogen (secondary N) is 2. The van der Waals surface area contributed by atoms with E-state index in [4.69, 9.17) is 42.4 Å².